The zero-order valence-corrected chi connectivity index (χ0v) is 20.5. The molecule has 0 amide bonds. The molecule has 0 radical (unpaired) electrons. The molecule has 0 aliphatic rings. The highest BCUT2D eigenvalue weighted by Crippen LogP contribution is 2.41. The normalized spacial score (nSPS) is 10.6. The Bertz CT molecular complexity index is 1140. The smallest absolute Gasteiger partial charge is 0.357 e. The molecule has 2 aromatic carbocycles. The molecular formula is C24H25BrN2O6. The Balaban J connectivity index is 2.32. The number of nitrogens with zero attached hydrogens (tertiary/aromatic N) is 2. The van der Waals surface area contributed by atoms with Gasteiger partial charge in [0.05, 0.1) is 33.1 Å². The Labute approximate surface area is 200 Å². The summed E-state index contributed by atoms with van der Waals surface area (Å²) in [6.45, 7) is 4.81. The van der Waals surface area contributed by atoms with Gasteiger partial charge >= 0.3 is 11.9 Å². The molecule has 1 heterocycles. The number of benzene rings is 2. The van der Waals surface area contributed by atoms with Crippen molar-refractivity contribution in [2.24, 2.45) is 0 Å². The molecule has 3 rings (SSSR count). The zero-order chi connectivity index (χ0) is 24.0. The Kier molecular flexibility index (Phi) is 8.11. The molecule has 1 aromatic heterocycles. The molecule has 0 atom stereocenters. The van der Waals surface area contributed by atoms with E-state index in [1.54, 1.807) is 36.4 Å². The quantitative estimate of drug-likeness (QED) is 0.367. The maximum Gasteiger partial charge on any atom is 0.357 e. The minimum Gasteiger partial charge on any atom is -0.490 e. The Morgan fingerprint density at radius 1 is 0.970 bits per heavy atom. The van der Waals surface area contributed by atoms with Crippen LogP contribution in [0, 0.1) is 0 Å². The lowest BCUT2D eigenvalue weighted by atomic mass is 10.0. The van der Waals surface area contributed by atoms with Crippen molar-refractivity contribution in [1.29, 1.82) is 0 Å². The fourth-order valence-corrected chi connectivity index (χ4v) is 3.76. The van der Waals surface area contributed by atoms with Crippen molar-refractivity contribution in [1.82, 2.24) is 9.78 Å². The van der Waals surface area contributed by atoms with Crippen LogP contribution in [0.4, 0.5) is 0 Å². The van der Waals surface area contributed by atoms with E-state index in [0.717, 1.165) is 6.42 Å². The zero-order valence-electron chi connectivity index (χ0n) is 18.9. The van der Waals surface area contributed by atoms with Crippen LogP contribution >= 0.6 is 15.9 Å². The second kappa shape index (κ2) is 11.0. The molecule has 0 N–H and O–H groups in total. The first-order valence-electron chi connectivity index (χ1n) is 10.4. The number of aromatic nitrogens is 2. The standard InChI is InChI=1S/C24H25BrN2O6/c1-5-12-33-19-14-17(25)16(13-18(19)32-6-2)21-20(23(28)30-3)22(24(29)31-4)27(26-21)15-10-8-7-9-11-15/h7-11,13-14H,5-6,12H2,1-4H3. The van der Waals surface area contributed by atoms with Gasteiger partial charge in [-0.05, 0) is 53.5 Å². The lowest BCUT2D eigenvalue weighted by Crippen LogP contribution is -2.15. The molecular weight excluding hydrogens is 492 g/mol. The van der Waals surface area contributed by atoms with E-state index < -0.39 is 11.9 Å². The summed E-state index contributed by atoms with van der Waals surface area (Å²) in [4.78, 5) is 25.6. The molecule has 0 spiro atoms. The average Bonchev–Trinajstić information content (AvgIpc) is 3.24. The summed E-state index contributed by atoms with van der Waals surface area (Å²) < 4.78 is 23.6. The number of hydrogen-bond acceptors (Lipinski definition) is 7. The van der Waals surface area contributed by atoms with Crippen molar-refractivity contribution in [2.45, 2.75) is 20.3 Å². The second-order valence-electron chi connectivity index (χ2n) is 6.86. The SMILES string of the molecule is CCCOc1cc(Br)c(-c2nn(-c3ccccc3)c(C(=O)OC)c2C(=O)OC)cc1OCC. The van der Waals surface area contributed by atoms with Crippen molar-refractivity contribution in [3.8, 4) is 28.4 Å². The van der Waals surface area contributed by atoms with Gasteiger partial charge < -0.3 is 18.9 Å². The number of ether oxygens (including phenoxy) is 4. The second-order valence-corrected chi connectivity index (χ2v) is 7.72. The number of halogens is 1. The first-order chi connectivity index (χ1) is 16.0. The number of esters is 2. The fourth-order valence-electron chi connectivity index (χ4n) is 3.25. The molecule has 33 heavy (non-hydrogen) atoms. The van der Waals surface area contributed by atoms with Crippen LogP contribution in [0.2, 0.25) is 0 Å². The van der Waals surface area contributed by atoms with Crippen LogP contribution in [0.5, 0.6) is 11.5 Å². The molecule has 3 aromatic rings. The van der Waals surface area contributed by atoms with Gasteiger partial charge in [-0.3, -0.25) is 0 Å². The predicted octanol–water partition coefficient (Wildman–Crippen LogP) is 5.06. The number of rotatable bonds is 9. The molecule has 8 nitrogen and oxygen atoms in total. The molecule has 0 saturated heterocycles. The molecule has 0 aliphatic heterocycles. The van der Waals surface area contributed by atoms with E-state index in [1.807, 2.05) is 19.9 Å². The van der Waals surface area contributed by atoms with E-state index in [4.69, 9.17) is 18.9 Å². The largest absolute Gasteiger partial charge is 0.490 e. The summed E-state index contributed by atoms with van der Waals surface area (Å²) >= 11 is 3.56. The van der Waals surface area contributed by atoms with Gasteiger partial charge in [-0.15, -0.1) is 0 Å². The number of para-hydroxylation sites is 1. The Morgan fingerprint density at radius 2 is 1.64 bits per heavy atom. The lowest BCUT2D eigenvalue weighted by molar-refractivity contribution is 0.0549. The summed E-state index contributed by atoms with van der Waals surface area (Å²) in [5.41, 5.74) is 1.29. The van der Waals surface area contributed by atoms with Crippen LogP contribution in [-0.2, 0) is 9.47 Å². The Morgan fingerprint density at radius 3 is 2.24 bits per heavy atom. The topological polar surface area (TPSA) is 88.9 Å². The van der Waals surface area contributed by atoms with Gasteiger partial charge in [0.2, 0.25) is 0 Å². The number of methoxy groups -OCH3 is 2. The number of carbonyl (C=O) groups is 2. The van der Waals surface area contributed by atoms with E-state index in [-0.39, 0.29) is 17.0 Å². The van der Waals surface area contributed by atoms with Gasteiger partial charge in [-0.25, -0.2) is 14.3 Å². The third kappa shape index (κ3) is 5.03. The summed E-state index contributed by atoms with van der Waals surface area (Å²) in [5.74, 6) is -0.385. The lowest BCUT2D eigenvalue weighted by Gasteiger charge is -2.14. The minimum atomic E-state index is -0.720. The first kappa shape index (κ1) is 24.3. The van der Waals surface area contributed by atoms with Gasteiger partial charge in [-0.1, -0.05) is 25.1 Å². The van der Waals surface area contributed by atoms with E-state index in [1.165, 1.54) is 18.9 Å². The van der Waals surface area contributed by atoms with Crippen LogP contribution in [0.1, 0.15) is 41.1 Å². The summed E-state index contributed by atoms with van der Waals surface area (Å²) in [6, 6.07) is 12.5. The van der Waals surface area contributed by atoms with Gasteiger partial charge in [0.25, 0.3) is 0 Å². The molecule has 0 bridgehead atoms. The van der Waals surface area contributed by atoms with Crippen LogP contribution in [0.15, 0.2) is 46.9 Å². The van der Waals surface area contributed by atoms with Crippen molar-refractivity contribution < 1.29 is 28.5 Å². The third-order valence-electron chi connectivity index (χ3n) is 4.70. The number of hydrogen-bond donors (Lipinski definition) is 0. The number of carbonyl (C=O) groups excluding carboxylic acids is 2. The monoisotopic (exact) mass is 516 g/mol. The van der Waals surface area contributed by atoms with Crippen molar-refractivity contribution in [3.63, 3.8) is 0 Å². The van der Waals surface area contributed by atoms with Gasteiger partial charge in [0.1, 0.15) is 11.3 Å². The van der Waals surface area contributed by atoms with Crippen molar-refractivity contribution in [3.05, 3.63) is 58.2 Å². The molecule has 9 heteroatoms. The van der Waals surface area contributed by atoms with Gasteiger partial charge in [0.15, 0.2) is 17.2 Å². The van der Waals surface area contributed by atoms with E-state index in [9.17, 15) is 9.59 Å². The average molecular weight is 517 g/mol. The third-order valence-corrected chi connectivity index (χ3v) is 5.36. The van der Waals surface area contributed by atoms with Crippen molar-refractivity contribution >= 4 is 27.9 Å². The van der Waals surface area contributed by atoms with E-state index in [2.05, 4.69) is 21.0 Å². The highest BCUT2D eigenvalue weighted by Gasteiger charge is 2.32. The fraction of sp³-hybridized carbons (Fsp3) is 0.292. The van der Waals surface area contributed by atoms with E-state index >= 15 is 0 Å². The van der Waals surface area contributed by atoms with Gasteiger partial charge in [0, 0.05) is 10.0 Å². The summed E-state index contributed by atoms with van der Waals surface area (Å²) in [7, 11) is 2.49. The highest BCUT2D eigenvalue weighted by atomic mass is 79.9. The minimum absolute atomic E-state index is 0.0152. The first-order valence-corrected chi connectivity index (χ1v) is 11.2. The molecule has 0 unspecified atom stereocenters. The van der Waals surface area contributed by atoms with Crippen LogP contribution in [0.3, 0.4) is 0 Å². The van der Waals surface area contributed by atoms with Crippen LogP contribution < -0.4 is 9.47 Å². The molecule has 0 saturated carbocycles. The molecule has 174 valence electrons. The van der Waals surface area contributed by atoms with Crippen LogP contribution in [-0.4, -0.2) is 49.2 Å². The molecule has 0 fully saturated rings. The maximum absolute atomic E-state index is 12.9. The van der Waals surface area contributed by atoms with Crippen LogP contribution in [0.25, 0.3) is 16.9 Å². The predicted molar refractivity (Wildman–Crippen MR) is 126 cm³/mol. The Hall–Kier alpha value is -3.33. The summed E-state index contributed by atoms with van der Waals surface area (Å²) in [6.07, 6.45) is 0.835. The molecule has 0 aliphatic carbocycles. The van der Waals surface area contributed by atoms with Crippen molar-refractivity contribution in [2.75, 3.05) is 27.4 Å². The summed E-state index contributed by atoms with van der Waals surface area (Å²) in [5, 5.41) is 4.63. The maximum atomic E-state index is 12.9. The van der Waals surface area contributed by atoms with Gasteiger partial charge in [-0.2, -0.15) is 5.10 Å². The highest BCUT2D eigenvalue weighted by molar-refractivity contribution is 9.10. The van der Waals surface area contributed by atoms with E-state index in [0.29, 0.717) is 40.4 Å².